The van der Waals surface area contributed by atoms with Crippen LogP contribution in [0.1, 0.15) is 22.7 Å². The molecule has 1 aliphatic rings. The molecule has 2 aromatic rings. The first-order valence-electron chi connectivity index (χ1n) is 6.67. The highest BCUT2D eigenvalue weighted by Gasteiger charge is 2.17. The second kappa shape index (κ2) is 5.53. The molecule has 3 rings (SSSR count). The maximum Gasteiger partial charge on any atom is 0.122 e. The number of fused-ring (bicyclic) bond motifs is 1. The molecule has 0 saturated heterocycles. The molecule has 1 unspecified atom stereocenters. The standard InChI is InChI=1S/C16H18N2O2/c1-19-14-5-2-11(3-6-14)16(18-17)13-4-7-15-12(10-13)8-9-20-15/h2-7,10,16,18H,8-9,17H2,1H3. The number of rotatable bonds is 4. The van der Waals surface area contributed by atoms with Crippen molar-refractivity contribution in [1.29, 1.82) is 0 Å². The molecule has 1 heterocycles. The lowest BCUT2D eigenvalue weighted by molar-refractivity contribution is 0.357. The van der Waals surface area contributed by atoms with Crippen LogP contribution in [0, 0.1) is 0 Å². The highest BCUT2D eigenvalue weighted by molar-refractivity contribution is 5.43. The third kappa shape index (κ3) is 2.35. The summed E-state index contributed by atoms with van der Waals surface area (Å²) in [5.74, 6) is 7.57. The zero-order valence-electron chi connectivity index (χ0n) is 11.4. The van der Waals surface area contributed by atoms with Crippen molar-refractivity contribution in [2.24, 2.45) is 5.84 Å². The number of ether oxygens (including phenoxy) is 2. The van der Waals surface area contributed by atoms with Crippen molar-refractivity contribution in [3.63, 3.8) is 0 Å². The molecule has 4 nitrogen and oxygen atoms in total. The van der Waals surface area contributed by atoms with Crippen molar-refractivity contribution in [2.75, 3.05) is 13.7 Å². The van der Waals surface area contributed by atoms with Gasteiger partial charge in [-0.1, -0.05) is 24.3 Å². The second-order valence-electron chi connectivity index (χ2n) is 4.84. The van der Waals surface area contributed by atoms with E-state index in [4.69, 9.17) is 15.3 Å². The fraction of sp³-hybridized carbons (Fsp3) is 0.250. The Kier molecular flexibility index (Phi) is 3.58. The maximum atomic E-state index is 5.74. The van der Waals surface area contributed by atoms with Crippen LogP contribution in [-0.4, -0.2) is 13.7 Å². The molecule has 0 spiro atoms. The Bertz CT molecular complexity index is 596. The van der Waals surface area contributed by atoms with E-state index in [1.807, 2.05) is 30.3 Å². The fourth-order valence-electron chi connectivity index (χ4n) is 2.57. The van der Waals surface area contributed by atoms with Crippen molar-refractivity contribution in [2.45, 2.75) is 12.5 Å². The first-order valence-corrected chi connectivity index (χ1v) is 6.67. The molecular formula is C16H18N2O2. The van der Waals surface area contributed by atoms with Crippen molar-refractivity contribution < 1.29 is 9.47 Å². The topological polar surface area (TPSA) is 56.5 Å². The molecule has 0 fully saturated rings. The Morgan fingerprint density at radius 2 is 1.90 bits per heavy atom. The average molecular weight is 270 g/mol. The van der Waals surface area contributed by atoms with E-state index in [1.54, 1.807) is 7.11 Å². The molecule has 0 radical (unpaired) electrons. The second-order valence-corrected chi connectivity index (χ2v) is 4.84. The SMILES string of the molecule is COc1ccc(C(NN)c2ccc3c(c2)CCO3)cc1. The zero-order valence-corrected chi connectivity index (χ0v) is 11.4. The Morgan fingerprint density at radius 1 is 1.15 bits per heavy atom. The molecule has 20 heavy (non-hydrogen) atoms. The van der Waals surface area contributed by atoms with Crippen LogP contribution in [0.2, 0.25) is 0 Å². The van der Waals surface area contributed by atoms with Crippen LogP contribution >= 0.6 is 0 Å². The van der Waals surface area contributed by atoms with Crippen molar-refractivity contribution in [3.05, 3.63) is 59.2 Å². The summed E-state index contributed by atoms with van der Waals surface area (Å²) in [4.78, 5) is 0. The van der Waals surface area contributed by atoms with Crippen LogP contribution in [0.4, 0.5) is 0 Å². The molecule has 1 atom stereocenters. The number of hydrogen-bond acceptors (Lipinski definition) is 4. The van der Waals surface area contributed by atoms with Crippen molar-refractivity contribution >= 4 is 0 Å². The van der Waals surface area contributed by atoms with Gasteiger partial charge in [-0.25, -0.2) is 5.43 Å². The van der Waals surface area contributed by atoms with Gasteiger partial charge in [-0.15, -0.1) is 0 Å². The molecule has 0 saturated carbocycles. The third-order valence-electron chi connectivity index (χ3n) is 3.66. The van der Waals surface area contributed by atoms with Crippen LogP contribution in [-0.2, 0) is 6.42 Å². The predicted molar refractivity (Wildman–Crippen MR) is 77.8 cm³/mol. The van der Waals surface area contributed by atoms with E-state index < -0.39 is 0 Å². The average Bonchev–Trinajstić information content (AvgIpc) is 2.96. The number of nitrogens with two attached hydrogens (primary N) is 1. The Labute approximate surface area is 118 Å². The first kappa shape index (κ1) is 13.0. The normalized spacial score (nSPS) is 14.5. The summed E-state index contributed by atoms with van der Waals surface area (Å²) < 4.78 is 10.7. The summed E-state index contributed by atoms with van der Waals surface area (Å²) in [6, 6.07) is 14.1. The third-order valence-corrected chi connectivity index (χ3v) is 3.66. The predicted octanol–water partition coefficient (Wildman–Crippen LogP) is 2.18. The lowest BCUT2D eigenvalue weighted by Gasteiger charge is -2.18. The van der Waals surface area contributed by atoms with Crippen LogP contribution in [0.25, 0.3) is 0 Å². The van der Waals surface area contributed by atoms with Crippen LogP contribution < -0.4 is 20.7 Å². The van der Waals surface area contributed by atoms with Gasteiger partial charge >= 0.3 is 0 Å². The molecule has 0 aliphatic carbocycles. The molecule has 104 valence electrons. The Morgan fingerprint density at radius 3 is 2.60 bits per heavy atom. The maximum absolute atomic E-state index is 5.74. The van der Waals surface area contributed by atoms with E-state index in [9.17, 15) is 0 Å². The van der Waals surface area contributed by atoms with E-state index in [0.29, 0.717) is 0 Å². The molecule has 0 aromatic heterocycles. The van der Waals surface area contributed by atoms with Gasteiger partial charge in [-0.3, -0.25) is 5.84 Å². The van der Waals surface area contributed by atoms with E-state index >= 15 is 0 Å². The minimum absolute atomic E-state index is 0.0354. The Hall–Kier alpha value is -2.04. The lowest BCUT2D eigenvalue weighted by atomic mass is 9.97. The van der Waals surface area contributed by atoms with Gasteiger partial charge in [-0.05, 0) is 34.9 Å². The van der Waals surface area contributed by atoms with Gasteiger partial charge in [0, 0.05) is 6.42 Å². The molecule has 2 aromatic carbocycles. The van der Waals surface area contributed by atoms with Gasteiger partial charge in [0.2, 0.25) is 0 Å². The summed E-state index contributed by atoms with van der Waals surface area (Å²) in [6.07, 6.45) is 0.961. The largest absolute Gasteiger partial charge is 0.497 e. The highest BCUT2D eigenvalue weighted by atomic mass is 16.5. The number of nitrogens with one attached hydrogen (secondary N) is 1. The van der Waals surface area contributed by atoms with Crippen molar-refractivity contribution in [3.8, 4) is 11.5 Å². The van der Waals surface area contributed by atoms with Crippen LogP contribution in [0.5, 0.6) is 11.5 Å². The van der Waals surface area contributed by atoms with Gasteiger partial charge in [0.05, 0.1) is 19.8 Å². The van der Waals surface area contributed by atoms with Crippen LogP contribution in [0.3, 0.4) is 0 Å². The molecule has 3 N–H and O–H groups in total. The summed E-state index contributed by atoms with van der Waals surface area (Å²) >= 11 is 0. The number of benzene rings is 2. The fourth-order valence-corrected chi connectivity index (χ4v) is 2.57. The van der Waals surface area contributed by atoms with E-state index in [0.717, 1.165) is 35.7 Å². The quantitative estimate of drug-likeness (QED) is 0.660. The summed E-state index contributed by atoms with van der Waals surface area (Å²) in [6.45, 7) is 0.766. The molecule has 0 bridgehead atoms. The van der Waals surface area contributed by atoms with Gasteiger partial charge < -0.3 is 9.47 Å². The molecule has 4 heteroatoms. The van der Waals surface area contributed by atoms with E-state index in [-0.39, 0.29) is 6.04 Å². The smallest absolute Gasteiger partial charge is 0.122 e. The number of hydrogen-bond donors (Lipinski definition) is 2. The lowest BCUT2D eigenvalue weighted by Crippen LogP contribution is -2.28. The van der Waals surface area contributed by atoms with Gasteiger partial charge in [0.1, 0.15) is 11.5 Å². The highest BCUT2D eigenvalue weighted by Crippen LogP contribution is 2.30. The first-order chi connectivity index (χ1) is 9.81. The summed E-state index contributed by atoms with van der Waals surface area (Å²) in [5.41, 5.74) is 6.37. The van der Waals surface area contributed by atoms with Gasteiger partial charge in [-0.2, -0.15) is 0 Å². The number of methoxy groups -OCH3 is 1. The minimum atomic E-state index is -0.0354. The van der Waals surface area contributed by atoms with E-state index in [2.05, 4.69) is 17.6 Å². The summed E-state index contributed by atoms with van der Waals surface area (Å²) in [7, 11) is 1.66. The molecular weight excluding hydrogens is 252 g/mol. The Balaban J connectivity index is 1.92. The van der Waals surface area contributed by atoms with Crippen LogP contribution in [0.15, 0.2) is 42.5 Å². The van der Waals surface area contributed by atoms with Crippen molar-refractivity contribution in [1.82, 2.24) is 5.43 Å². The monoisotopic (exact) mass is 270 g/mol. The van der Waals surface area contributed by atoms with Gasteiger partial charge in [0.15, 0.2) is 0 Å². The minimum Gasteiger partial charge on any atom is -0.497 e. The molecule has 1 aliphatic heterocycles. The summed E-state index contributed by atoms with van der Waals surface area (Å²) in [5, 5.41) is 0. The zero-order chi connectivity index (χ0) is 13.9. The number of hydrazine groups is 1. The molecule has 0 amide bonds. The van der Waals surface area contributed by atoms with E-state index in [1.165, 1.54) is 5.56 Å². The van der Waals surface area contributed by atoms with Gasteiger partial charge in [0.25, 0.3) is 0 Å².